The van der Waals surface area contributed by atoms with Crippen molar-refractivity contribution >= 4 is 17.0 Å². The summed E-state index contributed by atoms with van der Waals surface area (Å²) in [5.74, 6) is 2.14. The molecule has 4 aromatic rings. The molecule has 4 heterocycles. The van der Waals surface area contributed by atoms with Crippen molar-refractivity contribution in [2.75, 3.05) is 24.5 Å². The van der Waals surface area contributed by atoms with Crippen molar-refractivity contribution in [2.45, 2.75) is 24.8 Å². The van der Waals surface area contributed by atoms with Crippen molar-refractivity contribution in [2.24, 2.45) is 0 Å². The van der Waals surface area contributed by atoms with Crippen LogP contribution in [0, 0.1) is 0 Å². The number of piperazine rings is 1. The molecular weight excluding hydrogens is 388 g/mol. The van der Waals surface area contributed by atoms with Gasteiger partial charge in [0, 0.05) is 25.8 Å². The van der Waals surface area contributed by atoms with Crippen LogP contribution in [0.2, 0.25) is 0 Å². The summed E-state index contributed by atoms with van der Waals surface area (Å²) in [4.78, 5) is 27.4. The lowest BCUT2D eigenvalue weighted by Crippen LogP contribution is -2.46. The number of hydrogen-bond acceptors (Lipinski definition) is 5. The maximum absolute atomic E-state index is 12.8. The molecule has 7 heteroatoms. The van der Waals surface area contributed by atoms with E-state index < -0.39 is 0 Å². The van der Waals surface area contributed by atoms with Crippen molar-refractivity contribution < 1.29 is 0 Å². The fraction of sp³-hybridized carbons (Fsp3) is 0.292. The quantitative estimate of drug-likeness (QED) is 0.538. The van der Waals surface area contributed by atoms with E-state index in [2.05, 4.69) is 56.6 Å². The molecule has 1 aromatic carbocycles. The van der Waals surface area contributed by atoms with Crippen LogP contribution in [0.5, 0.6) is 0 Å². The van der Waals surface area contributed by atoms with Crippen LogP contribution in [0.25, 0.3) is 17.0 Å². The van der Waals surface area contributed by atoms with Gasteiger partial charge in [-0.2, -0.15) is 0 Å². The van der Waals surface area contributed by atoms with Crippen molar-refractivity contribution in [3.8, 4) is 5.82 Å². The molecule has 0 spiro atoms. The van der Waals surface area contributed by atoms with Crippen molar-refractivity contribution in [1.29, 1.82) is 0 Å². The molecule has 31 heavy (non-hydrogen) atoms. The summed E-state index contributed by atoms with van der Waals surface area (Å²) in [6.45, 7) is 2.64. The van der Waals surface area contributed by atoms with E-state index in [-0.39, 0.29) is 11.7 Å². The van der Waals surface area contributed by atoms with Crippen LogP contribution in [0.4, 0.5) is 5.82 Å². The van der Waals surface area contributed by atoms with Gasteiger partial charge in [-0.25, -0.2) is 19.3 Å². The van der Waals surface area contributed by atoms with Gasteiger partial charge in [-0.15, -0.1) is 0 Å². The molecule has 2 aliphatic rings. The molecule has 0 bridgehead atoms. The highest BCUT2D eigenvalue weighted by Gasteiger charge is 2.29. The summed E-state index contributed by atoms with van der Waals surface area (Å²) in [5, 5.41) is 3.52. The van der Waals surface area contributed by atoms with Gasteiger partial charge in [0.05, 0.1) is 11.6 Å². The molecule has 156 valence electrons. The smallest absolute Gasteiger partial charge is 0.333 e. The molecule has 3 aromatic heterocycles. The number of rotatable bonds is 4. The maximum Gasteiger partial charge on any atom is 0.333 e. The number of aromatic nitrogens is 4. The highest BCUT2D eigenvalue weighted by atomic mass is 16.1. The van der Waals surface area contributed by atoms with Gasteiger partial charge < -0.3 is 10.2 Å². The largest absolute Gasteiger partial charge is 0.347 e. The molecule has 1 aliphatic heterocycles. The second-order valence-electron chi connectivity index (χ2n) is 8.35. The van der Waals surface area contributed by atoms with Gasteiger partial charge in [-0.1, -0.05) is 30.3 Å². The summed E-state index contributed by atoms with van der Waals surface area (Å²) in [5.41, 5.74) is 3.65. The van der Waals surface area contributed by atoms with E-state index in [1.807, 2.05) is 18.2 Å². The first-order valence-corrected chi connectivity index (χ1v) is 10.9. The Balaban J connectivity index is 1.50. The van der Waals surface area contributed by atoms with Gasteiger partial charge in [-0.05, 0) is 54.2 Å². The average molecular weight is 412 g/mol. The van der Waals surface area contributed by atoms with E-state index in [9.17, 15) is 4.79 Å². The monoisotopic (exact) mass is 412 g/mol. The molecule has 1 saturated carbocycles. The molecule has 0 amide bonds. The minimum atomic E-state index is -0.208. The van der Waals surface area contributed by atoms with Gasteiger partial charge in [0.15, 0.2) is 5.65 Å². The molecular formula is C24H24N6O. The third-order valence-electron chi connectivity index (χ3n) is 6.28. The summed E-state index contributed by atoms with van der Waals surface area (Å²) >= 11 is 0. The van der Waals surface area contributed by atoms with Crippen LogP contribution in [0.15, 0.2) is 65.6 Å². The number of aromatic amines is 1. The second kappa shape index (κ2) is 7.35. The van der Waals surface area contributed by atoms with E-state index in [4.69, 9.17) is 4.98 Å². The van der Waals surface area contributed by atoms with E-state index >= 15 is 0 Å². The molecule has 1 saturated heterocycles. The van der Waals surface area contributed by atoms with Crippen LogP contribution < -0.4 is 15.9 Å². The van der Waals surface area contributed by atoms with Crippen LogP contribution in [-0.2, 0) is 0 Å². The van der Waals surface area contributed by atoms with Gasteiger partial charge in [0.25, 0.3) is 0 Å². The number of benzene rings is 1. The fourth-order valence-corrected chi connectivity index (χ4v) is 4.55. The van der Waals surface area contributed by atoms with Crippen LogP contribution in [0.1, 0.15) is 35.9 Å². The molecule has 7 nitrogen and oxygen atoms in total. The Hall–Kier alpha value is -3.45. The van der Waals surface area contributed by atoms with E-state index in [0.29, 0.717) is 17.4 Å². The first-order valence-electron chi connectivity index (χ1n) is 10.9. The topological polar surface area (TPSA) is 78.8 Å². The molecule has 2 N–H and O–H groups in total. The van der Waals surface area contributed by atoms with E-state index in [1.165, 1.54) is 24.0 Å². The summed E-state index contributed by atoms with van der Waals surface area (Å²) < 4.78 is 1.65. The third-order valence-corrected chi connectivity index (χ3v) is 6.28. The number of nitrogens with zero attached hydrogens (tertiary/aromatic N) is 4. The Morgan fingerprint density at radius 2 is 1.81 bits per heavy atom. The van der Waals surface area contributed by atoms with E-state index in [0.717, 1.165) is 31.0 Å². The first kappa shape index (κ1) is 18.3. The minimum absolute atomic E-state index is 0.200. The lowest BCUT2D eigenvalue weighted by molar-refractivity contribution is 0.486. The second-order valence-corrected chi connectivity index (χ2v) is 8.35. The lowest BCUT2D eigenvalue weighted by atomic mass is 10.0. The predicted octanol–water partition coefficient (Wildman–Crippen LogP) is 3.14. The van der Waals surface area contributed by atoms with Crippen molar-refractivity contribution in [3.63, 3.8) is 0 Å². The fourth-order valence-electron chi connectivity index (χ4n) is 4.55. The number of fused-ring (bicyclic) bond motifs is 1. The van der Waals surface area contributed by atoms with Crippen LogP contribution in [0.3, 0.4) is 0 Å². The lowest BCUT2D eigenvalue weighted by Gasteiger charge is -2.37. The number of anilines is 1. The number of H-pyrrole nitrogens is 1. The van der Waals surface area contributed by atoms with Gasteiger partial charge in [-0.3, -0.25) is 4.98 Å². The number of pyridine rings is 2. The van der Waals surface area contributed by atoms with Gasteiger partial charge in [0.2, 0.25) is 0 Å². The Bertz CT molecular complexity index is 1290. The Labute approximate surface area is 179 Å². The Kier molecular flexibility index (Phi) is 4.35. The predicted molar refractivity (Wildman–Crippen MR) is 121 cm³/mol. The van der Waals surface area contributed by atoms with Crippen LogP contribution in [-0.4, -0.2) is 39.2 Å². The minimum Gasteiger partial charge on any atom is -0.347 e. The molecule has 1 unspecified atom stereocenters. The molecule has 2 fully saturated rings. The first-order chi connectivity index (χ1) is 15.3. The third kappa shape index (κ3) is 3.31. The average Bonchev–Trinajstić information content (AvgIpc) is 3.61. The molecule has 6 rings (SSSR count). The molecule has 1 aliphatic carbocycles. The Morgan fingerprint density at radius 3 is 2.65 bits per heavy atom. The van der Waals surface area contributed by atoms with E-state index in [1.54, 1.807) is 10.8 Å². The maximum atomic E-state index is 12.8. The SMILES string of the molecule is O=c1[nH]c2ncccc2n1-c1cc(C2CC2)cc(N2CCNCC2c2ccccc2)n1. The van der Waals surface area contributed by atoms with Gasteiger partial charge >= 0.3 is 5.69 Å². The highest BCUT2D eigenvalue weighted by Crippen LogP contribution is 2.42. The summed E-state index contributed by atoms with van der Waals surface area (Å²) in [6.07, 6.45) is 4.07. The normalized spacial score (nSPS) is 19.1. The standard InChI is InChI=1S/C24H24N6O/c31-24-28-23-19(7-4-10-26-23)30(24)22-14-18(16-8-9-16)13-21(27-22)29-12-11-25-15-20(29)17-5-2-1-3-6-17/h1-7,10,13-14,16,20,25H,8-9,11-12,15H2,(H,26,28,31). The zero-order valence-corrected chi connectivity index (χ0v) is 17.2. The zero-order valence-electron chi connectivity index (χ0n) is 17.2. The zero-order chi connectivity index (χ0) is 20.8. The highest BCUT2D eigenvalue weighted by molar-refractivity contribution is 5.72. The Morgan fingerprint density at radius 1 is 0.968 bits per heavy atom. The van der Waals surface area contributed by atoms with Gasteiger partial charge in [0.1, 0.15) is 11.6 Å². The summed E-state index contributed by atoms with van der Waals surface area (Å²) in [6, 6.07) is 18.8. The molecule has 0 radical (unpaired) electrons. The molecule has 1 atom stereocenters. The van der Waals surface area contributed by atoms with Crippen molar-refractivity contribution in [1.82, 2.24) is 24.8 Å². The number of nitrogens with one attached hydrogen (secondary N) is 2. The number of hydrogen-bond donors (Lipinski definition) is 2. The summed E-state index contributed by atoms with van der Waals surface area (Å²) in [7, 11) is 0. The number of imidazole rings is 1. The van der Waals surface area contributed by atoms with Crippen LogP contribution >= 0.6 is 0 Å². The van der Waals surface area contributed by atoms with Crippen molar-refractivity contribution in [3.05, 3.63) is 82.4 Å².